The predicted molar refractivity (Wildman–Crippen MR) is 191 cm³/mol. The van der Waals surface area contributed by atoms with Gasteiger partial charge in [-0.2, -0.15) is 0 Å². The van der Waals surface area contributed by atoms with Gasteiger partial charge >= 0.3 is 30.3 Å². The van der Waals surface area contributed by atoms with Gasteiger partial charge in [0.15, 0.2) is 26.3 Å². The molecule has 0 aromatic heterocycles. The average molecular weight is 782 g/mol. The molecule has 0 saturated carbocycles. The van der Waals surface area contributed by atoms with Crippen molar-refractivity contribution in [2.24, 2.45) is 0 Å². The SMILES string of the molecule is C=CCOC(=O)OC[C@H]1O[C@@H](Oc2ccc(CO[Si](C)(C)C(C)(C)C)cc2[N+](=O)[O-])[C@H](OC(=O)OCC=C)[C@@H](OC(=O)OCC=C)[C@@H]1OC(=O)OCC=C. The van der Waals surface area contributed by atoms with Crippen LogP contribution in [0.4, 0.5) is 24.9 Å². The van der Waals surface area contributed by atoms with Crippen molar-refractivity contribution in [1.82, 2.24) is 0 Å². The van der Waals surface area contributed by atoms with Crippen molar-refractivity contribution >= 4 is 38.6 Å². The van der Waals surface area contributed by atoms with Crippen LogP contribution in [0, 0.1) is 10.1 Å². The summed E-state index contributed by atoms with van der Waals surface area (Å²) in [5, 5.41) is 12.2. The topological polar surface area (TPSA) is 213 Å². The molecule has 18 nitrogen and oxygen atoms in total. The fourth-order valence-electron chi connectivity index (χ4n) is 4.14. The highest BCUT2D eigenvalue weighted by atomic mass is 28.4. The number of nitrogens with zero attached hydrogens (tertiary/aromatic N) is 1. The Kier molecular flexibility index (Phi) is 17.7. The average Bonchev–Trinajstić information content (AvgIpc) is 3.11. The van der Waals surface area contributed by atoms with Gasteiger partial charge in [0.1, 0.15) is 39.1 Å². The molecule has 5 atom stereocenters. The van der Waals surface area contributed by atoms with E-state index >= 15 is 0 Å². The van der Waals surface area contributed by atoms with Gasteiger partial charge < -0.3 is 51.8 Å². The van der Waals surface area contributed by atoms with Gasteiger partial charge in [0.05, 0.1) is 11.5 Å². The third-order valence-electron chi connectivity index (χ3n) is 7.80. The smallest absolute Gasteiger partial charge is 0.453 e. The van der Waals surface area contributed by atoms with Gasteiger partial charge in [0.25, 0.3) is 0 Å². The molecule has 1 fully saturated rings. The van der Waals surface area contributed by atoms with E-state index in [1.165, 1.54) is 42.5 Å². The number of nitro benzene ring substituents is 1. The number of nitro groups is 1. The number of hydrogen-bond acceptors (Lipinski definition) is 17. The lowest BCUT2D eigenvalue weighted by Crippen LogP contribution is -2.64. The van der Waals surface area contributed by atoms with Gasteiger partial charge in [-0.05, 0) is 29.8 Å². The maximum atomic E-state index is 12.9. The molecular formula is C35H47NO17Si. The third kappa shape index (κ3) is 13.9. The van der Waals surface area contributed by atoms with Crippen molar-refractivity contribution in [1.29, 1.82) is 0 Å². The molecule has 298 valence electrons. The lowest BCUT2D eigenvalue weighted by Gasteiger charge is -2.43. The molecule has 1 aliphatic heterocycles. The zero-order chi connectivity index (χ0) is 40.5. The third-order valence-corrected chi connectivity index (χ3v) is 12.3. The van der Waals surface area contributed by atoms with E-state index in [0.717, 1.165) is 0 Å². The van der Waals surface area contributed by atoms with Crippen LogP contribution in [0.3, 0.4) is 0 Å². The summed E-state index contributed by atoms with van der Waals surface area (Å²) in [6, 6.07) is 4.02. The van der Waals surface area contributed by atoms with E-state index in [1.54, 1.807) is 0 Å². The van der Waals surface area contributed by atoms with Crippen LogP contribution in [-0.2, 0) is 53.7 Å². The molecule has 54 heavy (non-hydrogen) atoms. The minimum Gasteiger partial charge on any atom is -0.453 e. The maximum Gasteiger partial charge on any atom is 0.509 e. The number of benzene rings is 1. The molecule has 1 aliphatic rings. The molecule has 1 saturated heterocycles. The zero-order valence-electron chi connectivity index (χ0n) is 30.9. The monoisotopic (exact) mass is 781 g/mol. The summed E-state index contributed by atoms with van der Waals surface area (Å²) in [5.74, 6) is -0.392. The van der Waals surface area contributed by atoms with Crippen LogP contribution in [0.2, 0.25) is 18.1 Å². The van der Waals surface area contributed by atoms with Crippen molar-refractivity contribution in [3.8, 4) is 5.75 Å². The highest BCUT2D eigenvalue weighted by Crippen LogP contribution is 2.38. The Morgan fingerprint density at radius 1 is 0.778 bits per heavy atom. The van der Waals surface area contributed by atoms with E-state index < -0.39 is 86.6 Å². The fourth-order valence-corrected chi connectivity index (χ4v) is 5.11. The minimum absolute atomic E-state index is 0.0590. The fraction of sp³-hybridized carbons (Fsp3) is 0.486. The Labute approximate surface area is 313 Å². The van der Waals surface area contributed by atoms with Gasteiger partial charge in [-0.25, -0.2) is 19.2 Å². The maximum absolute atomic E-state index is 12.9. The number of rotatable bonds is 19. The van der Waals surface area contributed by atoms with Crippen LogP contribution >= 0.6 is 0 Å². The highest BCUT2D eigenvalue weighted by Gasteiger charge is 2.55. The molecule has 0 amide bonds. The molecule has 0 bridgehead atoms. The van der Waals surface area contributed by atoms with Crippen molar-refractivity contribution in [3.05, 3.63) is 84.5 Å². The molecule has 0 unspecified atom stereocenters. The first-order valence-electron chi connectivity index (χ1n) is 16.4. The van der Waals surface area contributed by atoms with Gasteiger partial charge in [0.2, 0.25) is 12.4 Å². The van der Waals surface area contributed by atoms with Crippen molar-refractivity contribution in [2.75, 3.05) is 33.0 Å². The van der Waals surface area contributed by atoms with Gasteiger partial charge in [0, 0.05) is 6.07 Å². The Hall–Kier alpha value is -5.40. The lowest BCUT2D eigenvalue weighted by molar-refractivity contribution is -0.387. The van der Waals surface area contributed by atoms with Crippen LogP contribution in [0.5, 0.6) is 5.75 Å². The number of hydrogen-bond donors (Lipinski definition) is 0. The normalized spacial score (nSPS) is 19.5. The second kappa shape index (κ2) is 21.3. The van der Waals surface area contributed by atoms with Crippen molar-refractivity contribution in [3.63, 3.8) is 0 Å². The van der Waals surface area contributed by atoms with E-state index in [1.807, 2.05) is 33.9 Å². The van der Waals surface area contributed by atoms with E-state index in [0.29, 0.717) is 5.56 Å². The highest BCUT2D eigenvalue weighted by molar-refractivity contribution is 6.74. The van der Waals surface area contributed by atoms with E-state index in [-0.39, 0.29) is 38.1 Å². The lowest BCUT2D eigenvalue weighted by atomic mass is 9.98. The summed E-state index contributed by atoms with van der Waals surface area (Å²) in [4.78, 5) is 62.3. The number of ether oxygens (including phenoxy) is 10. The van der Waals surface area contributed by atoms with Crippen molar-refractivity contribution in [2.45, 2.75) is 76.2 Å². The first-order chi connectivity index (χ1) is 25.5. The molecular weight excluding hydrogens is 734 g/mol. The first kappa shape index (κ1) is 44.8. The Morgan fingerprint density at radius 2 is 1.26 bits per heavy atom. The summed E-state index contributed by atoms with van der Waals surface area (Å²) < 4.78 is 59.3. The van der Waals surface area contributed by atoms with Crippen molar-refractivity contribution < 1.29 is 75.9 Å². The molecule has 1 aromatic rings. The summed E-state index contributed by atoms with van der Waals surface area (Å²) in [6.07, 6.45) is -9.45. The zero-order valence-corrected chi connectivity index (χ0v) is 31.9. The summed E-state index contributed by atoms with van der Waals surface area (Å²) in [5.41, 5.74) is -0.0933. The second-order valence-corrected chi connectivity index (χ2v) is 17.5. The first-order valence-corrected chi connectivity index (χ1v) is 19.4. The molecule has 2 rings (SSSR count). The van der Waals surface area contributed by atoms with E-state index in [9.17, 15) is 29.3 Å². The minimum atomic E-state index is -2.25. The molecule has 0 spiro atoms. The van der Waals surface area contributed by atoms with Crippen LogP contribution in [-0.4, -0.2) is 102 Å². The van der Waals surface area contributed by atoms with Crippen LogP contribution < -0.4 is 4.74 Å². The standard InChI is InChI=1S/C35H47NO17Si/c1-10-16-43-31(37)47-22-26-27(51-32(38)44-17-11-2)28(52-33(39)45-18-12-3)29(53-34(40)46-19-13-4)30(50-26)49-25-15-14-23(20-24(25)36(41)42)21-48-54(8,9)35(5,6)7/h10-15,20,26-30H,1-4,16-19,21-22H2,5-9H3/t26-,27-,28+,29-,30-/m1/s1. The predicted octanol–water partition coefficient (Wildman–Crippen LogP) is 6.68. The quantitative estimate of drug-likeness (QED) is 0.0357. The van der Waals surface area contributed by atoms with Gasteiger partial charge in [-0.15, -0.1) is 0 Å². The Morgan fingerprint density at radius 3 is 1.74 bits per heavy atom. The van der Waals surface area contributed by atoms with Crippen LogP contribution in [0.25, 0.3) is 0 Å². The number of carbonyl (C=O) groups is 4. The molecule has 0 N–H and O–H groups in total. The summed E-state index contributed by atoms with van der Waals surface area (Å²) >= 11 is 0. The number of carbonyl (C=O) groups excluding carboxylic acids is 4. The van der Waals surface area contributed by atoms with Crippen LogP contribution in [0.1, 0.15) is 26.3 Å². The second-order valence-electron chi connectivity index (χ2n) is 12.7. The van der Waals surface area contributed by atoms with E-state index in [4.69, 9.17) is 51.8 Å². The summed E-state index contributed by atoms with van der Waals surface area (Å²) in [6.45, 7) is 22.1. The van der Waals surface area contributed by atoms with Gasteiger partial charge in [-0.3, -0.25) is 10.1 Å². The summed E-state index contributed by atoms with van der Waals surface area (Å²) in [7, 11) is -2.25. The Balaban J connectivity index is 2.68. The molecule has 19 heteroatoms. The van der Waals surface area contributed by atoms with Crippen LogP contribution in [0.15, 0.2) is 68.8 Å². The van der Waals surface area contributed by atoms with E-state index in [2.05, 4.69) is 26.3 Å². The molecule has 1 aromatic carbocycles. The molecule has 1 heterocycles. The Bertz CT molecular complexity index is 1510. The molecule has 0 aliphatic carbocycles. The molecule has 0 radical (unpaired) electrons. The van der Waals surface area contributed by atoms with Gasteiger partial charge in [-0.1, -0.05) is 77.5 Å². The largest absolute Gasteiger partial charge is 0.509 e.